The Kier molecular flexibility index (Phi) is 5.76. The number of nitrogens with one attached hydrogen (secondary N) is 1. The summed E-state index contributed by atoms with van der Waals surface area (Å²) < 4.78 is 0. The highest BCUT2D eigenvalue weighted by Gasteiger charge is 2.17. The third-order valence-corrected chi connectivity index (χ3v) is 4.66. The highest BCUT2D eigenvalue weighted by Crippen LogP contribution is 2.27. The molecule has 1 N–H and O–H groups in total. The summed E-state index contributed by atoms with van der Waals surface area (Å²) in [7, 11) is 1.69. The zero-order valence-electron chi connectivity index (χ0n) is 15.9. The number of carbonyl (C=O) groups excluding carboxylic acids is 2. The number of nitrogens with zero attached hydrogens (tertiary/aromatic N) is 2. The topological polar surface area (TPSA) is 62.3 Å². The molecule has 28 heavy (non-hydrogen) atoms. The van der Waals surface area contributed by atoms with Crippen molar-refractivity contribution in [2.24, 2.45) is 0 Å². The third-order valence-electron chi connectivity index (χ3n) is 4.36. The van der Waals surface area contributed by atoms with Crippen molar-refractivity contribution < 1.29 is 9.59 Å². The summed E-state index contributed by atoms with van der Waals surface area (Å²) in [5.74, 6) is -0.655. The molecule has 3 aromatic rings. The van der Waals surface area contributed by atoms with E-state index in [9.17, 15) is 9.59 Å². The Labute approximate surface area is 169 Å². The number of halogens is 1. The molecule has 1 heterocycles. The second kappa shape index (κ2) is 8.23. The van der Waals surface area contributed by atoms with Crippen molar-refractivity contribution in [3.05, 3.63) is 88.2 Å². The first-order valence-corrected chi connectivity index (χ1v) is 9.12. The van der Waals surface area contributed by atoms with Gasteiger partial charge in [0.25, 0.3) is 11.8 Å². The molecule has 142 valence electrons. The maximum absolute atomic E-state index is 12.8. The Morgan fingerprint density at radius 2 is 1.75 bits per heavy atom. The summed E-state index contributed by atoms with van der Waals surface area (Å²) in [6.07, 6.45) is 1.45. The number of pyridine rings is 1. The largest absolute Gasteiger partial charge is 0.319 e. The van der Waals surface area contributed by atoms with Gasteiger partial charge in [0.05, 0.1) is 10.7 Å². The minimum absolute atomic E-state index is 0.142. The van der Waals surface area contributed by atoms with E-state index in [1.54, 1.807) is 19.2 Å². The van der Waals surface area contributed by atoms with Gasteiger partial charge < -0.3 is 10.2 Å². The molecule has 0 bridgehead atoms. The van der Waals surface area contributed by atoms with E-state index in [4.69, 9.17) is 11.6 Å². The number of hydrogen-bond acceptors (Lipinski definition) is 3. The van der Waals surface area contributed by atoms with E-state index in [0.717, 1.165) is 16.8 Å². The summed E-state index contributed by atoms with van der Waals surface area (Å²) in [6, 6.07) is 16.1. The molecule has 1 aromatic heterocycles. The molecule has 5 nitrogen and oxygen atoms in total. The van der Waals surface area contributed by atoms with E-state index >= 15 is 0 Å². The summed E-state index contributed by atoms with van der Waals surface area (Å²) in [6.45, 7) is 3.81. The van der Waals surface area contributed by atoms with Crippen LogP contribution in [0, 0.1) is 13.8 Å². The lowest BCUT2D eigenvalue weighted by Crippen LogP contribution is -2.26. The first-order valence-electron chi connectivity index (χ1n) is 8.74. The van der Waals surface area contributed by atoms with Gasteiger partial charge in [-0.15, -0.1) is 0 Å². The Morgan fingerprint density at radius 1 is 1.04 bits per heavy atom. The molecule has 0 saturated carbocycles. The van der Waals surface area contributed by atoms with Crippen LogP contribution in [-0.2, 0) is 0 Å². The maximum atomic E-state index is 12.8. The van der Waals surface area contributed by atoms with Crippen molar-refractivity contribution >= 4 is 34.8 Å². The van der Waals surface area contributed by atoms with Crippen molar-refractivity contribution in [1.82, 2.24) is 4.98 Å². The fourth-order valence-electron chi connectivity index (χ4n) is 2.90. The number of carbonyl (C=O) groups is 2. The van der Waals surface area contributed by atoms with Crippen molar-refractivity contribution in [2.45, 2.75) is 13.8 Å². The number of hydrogen-bond donors (Lipinski definition) is 1. The molecule has 2 amide bonds. The number of rotatable bonds is 4. The minimum atomic E-state index is -0.425. The van der Waals surface area contributed by atoms with E-state index in [0.29, 0.717) is 16.3 Å². The minimum Gasteiger partial charge on any atom is -0.319 e. The van der Waals surface area contributed by atoms with Crippen molar-refractivity contribution in [2.75, 3.05) is 17.3 Å². The molecule has 0 unspecified atom stereocenters. The second-order valence-corrected chi connectivity index (χ2v) is 6.93. The fourth-order valence-corrected chi connectivity index (χ4v) is 3.27. The normalized spacial score (nSPS) is 10.4. The second-order valence-electron chi connectivity index (χ2n) is 6.52. The number of aromatic nitrogens is 1. The van der Waals surface area contributed by atoms with E-state index in [-0.39, 0.29) is 11.6 Å². The molecule has 3 rings (SSSR count). The van der Waals surface area contributed by atoms with Gasteiger partial charge in [-0.25, -0.2) is 0 Å². The molecule has 2 aromatic carbocycles. The SMILES string of the molecule is Cc1cc(C)c(NC(=O)c2cc(C(=O)N(C)c3ccccc3)ccn2)c(Cl)c1. The predicted molar refractivity (Wildman–Crippen MR) is 112 cm³/mol. The van der Waals surface area contributed by atoms with Gasteiger partial charge in [-0.1, -0.05) is 35.9 Å². The van der Waals surface area contributed by atoms with Gasteiger partial charge in [-0.3, -0.25) is 14.6 Å². The van der Waals surface area contributed by atoms with Gasteiger partial charge in [0.15, 0.2) is 0 Å². The Hall–Kier alpha value is -3.18. The number of aryl methyl sites for hydroxylation is 2. The van der Waals surface area contributed by atoms with Crippen LogP contribution < -0.4 is 10.2 Å². The Balaban J connectivity index is 1.83. The van der Waals surface area contributed by atoms with Crippen LogP contribution in [0.3, 0.4) is 0 Å². The first-order chi connectivity index (χ1) is 13.4. The summed E-state index contributed by atoms with van der Waals surface area (Å²) in [5, 5.41) is 3.25. The molecule has 0 aliphatic carbocycles. The van der Waals surface area contributed by atoms with Crippen molar-refractivity contribution in [3.8, 4) is 0 Å². The average Bonchev–Trinajstić information content (AvgIpc) is 2.70. The highest BCUT2D eigenvalue weighted by atomic mass is 35.5. The monoisotopic (exact) mass is 393 g/mol. The molecule has 0 spiro atoms. The molecule has 6 heteroatoms. The van der Waals surface area contributed by atoms with Gasteiger partial charge in [-0.2, -0.15) is 0 Å². The average molecular weight is 394 g/mol. The van der Waals surface area contributed by atoms with Gasteiger partial charge in [0, 0.05) is 24.5 Å². The Bertz CT molecular complexity index is 1010. The molecular weight excluding hydrogens is 374 g/mol. The van der Waals surface area contributed by atoms with Crippen LogP contribution in [0.1, 0.15) is 32.0 Å². The highest BCUT2D eigenvalue weighted by molar-refractivity contribution is 6.34. The summed E-state index contributed by atoms with van der Waals surface area (Å²) in [5.41, 5.74) is 3.68. The molecule has 0 saturated heterocycles. The standard InChI is InChI=1S/C22H20ClN3O2/c1-14-11-15(2)20(18(23)12-14)25-21(27)19-13-16(9-10-24-19)22(28)26(3)17-7-5-4-6-8-17/h4-13H,1-3H3,(H,25,27). The van der Waals surface area contributed by atoms with E-state index in [2.05, 4.69) is 10.3 Å². The van der Waals surface area contributed by atoms with Crippen LogP contribution in [0.2, 0.25) is 5.02 Å². The summed E-state index contributed by atoms with van der Waals surface area (Å²) >= 11 is 6.26. The van der Waals surface area contributed by atoms with Crippen LogP contribution in [-0.4, -0.2) is 23.8 Å². The zero-order valence-corrected chi connectivity index (χ0v) is 16.6. The van der Waals surface area contributed by atoms with E-state index in [1.165, 1.54) is 17.2 Å². The quantitative estimate of drug-likeness (QED) is 0.687. The lowest BCUT2D eigenvalue weighted by Gasteiger charge is -2.17. The number of anilines is 2. The van der Waals surface area contributed by atoms with E-state index in [1.807, 2.05) is 50.2 Å². The van der Waals surface area contributed by atoms with Crippen molar-refractivity contribution in [3.63, 3.8) is 0 Å². The van der Waals surface area contributed by atoms with Gasteiger partial charge in [0.2, 0.25) is 0 Å². The van der Waals surface area contributed by atoms with Gasteiger partial charge in [0.1, 0.15) is 5.69 Å². The number of benzene rings is 2. The summed E-state index contributed by atoms with van der Waals surface area (Å²) in [4.78, 5) is 31.1. The molecule has 0 aliphatic rings. The molecule has 0 atom stereocenters. The van der Waals surface area contributed by atoms with Crippen LogP contribution in [0.5, 0.6) is 0 Å². The zero-order chi connectivity index (χ0) is 20.3. The van der Waals surface area contributed by atoms with Crippen LogP contribution in [0.25, 0.3) is 0 Å². The Morgan fingerprint density at radius 3 is 2.43 bits per heavy atom. The lowest BCUT2D eigenvalue weighted by molar-refractivity contribution is 0.0993. The molecule has 0 aliphatic heterocycles. The van der Waals surface area contributed by atoms with Crippen LogP contribution in [0.4, 0.5) is 11.4 Å². The fraction of sp³-hybridized carbons (Fsp3) is 0.136. The smallest absolute Gasteiger partial charge is 0.274 e. The number of amides is 2. The van der Waals surface area contributed by atoms with Gasteiger partial charge >= 0.3 is 0 Å². The number of para-hydroxylation sites is 1. The van der Waals surface area contributed by atoms with E-state index < -0.39 is 5.91 Å². The lowest BCUT2D eigenvalue weighted by atomic mass is 10.1. The maximum Gasteiger partial charge on any atom is 0.274 e. The van der Waals surface area contributed by atoms with Crippen LogP contribution >= 0.6 is 11.6 Å². The van der Waals surface area contributed by atoms with Crippen LogP contribution in [0.15, 0.2) is 60.8 Å². The molecular formula is C22H20ClN3O2. The van der Waals surface area contributed by atoms with Crippen molar-refractivity contribution in [1.29, 1.82) is 0 Å². The predicted octanol–water partition coefficient (Wildman–Crippen LogP) is 4.88. The third kappa shape index (κ3) is 4.21. The molecule has 0 fully saturated rings. The first kappa shape index (κ1) is 19.6. The molecule has 0 radical (unpaired) electrons. The van der Waals surface area contributed by atoms with Gasteiger partial charge in [-0.05, 0) is 55.3 Å².